The molecule has 94 valence electrons. The smallest absolute Gasteiger partial charge is 0.122 e. The van der Waals surface area contributed by atoms with Gasteiger partial charge >= 0.3 is 0 Å². The average molecular weight is 298 g/mol. The van der Waals surface area contributed by atoms with Gasteiger partial charge in [-0.25, -0.2) is 0 Å². The maximum Gasteiger partial charge on any atom is 0.122 e. The lowest BCUT2D eigenvalue weighted by Gasteiger charge is -2.19. The molecule has 3 heteroatoms. The second kappa shape index (κ2) is 5.87. The molecule has 0 radical (unpaired) electrons. The number of benzene rings is 1. The standard InChI is InChI=1S/C14H20BrNO/c1-17-14-6-5-13(15)8-12(14)7-10-3-2-4-11(10)9-16/h5-6,8,10-11H,2-4,7,9,16H2,1H3. The summed E-state index contributed by atoms with van der Waals surface area (Å²) in [7, 11) is 1.74. The van der Waals surface area contributed by atoms with Crippen LogP contribution in [0.3, 0.4) is 0 Å². The molecule has 1 aromatic rings. The Bertz CT molecular complexity index is 380. The fourth-order valence-electron chi connectivity index (χ4n) is 2.88. The Labute approximate surface area is 112 Å². The normalized spacial score (nSPS) is 23.9. The van der Waals surface area contributed by atoms with E-state index >= 15 is 0 Å². The number of hydrogen-bond acceptors (Lipinski definition) is 2. The lowest BCUT2D eigenvalue weighted by atomic mass is 9.89. The third kappa shape index (κ3) is 3.02. The molecule has 1 aliphatic carbocycles. The second-order valence-electron chi connectivity index (χ2n) is 4.85. The van der Waals surface area contributed by atoms with Crippen molar-refractivity contribution in [2.24, 2.45) is 17.6 Å². The van der Waals surface area contributed by atoms with Crippen LogP contribution in [-0.2, 0) is 6.42 Å². The highest BCUT2D eigenvalue weighted by molar-refractivity contribution is 9.10. The Kier molecular flexibility index (Phi) is 4.46. The molecule has 0 amide bonds. The Balaban J connectivity index is 2.14. The molecule has 2 rings (SSSR count). The number of ether oxygens (including phenoxy) is 1. The fourth-order valence-corrected chi connectivity index (χ4v) is 3.29. The Hall–Kier alpha value is -0.540. The van der Waals surface area contributed by atoms with Crippen molar-refractivity contribution in [3.63, 3.8) is 0 Å². The minimum atomic E-state index is 0.693. The van der Waals surface area contributed by atoms with Crippen LogP contribution in [0.15, 0.2) is 22.7 Å². The highest BCUT2D eigenvalue weighted by Crippen LogP contribution is 2.36. The Morgan fingerprint density at radius 3 is 2.82 bits per heavy atom. The summed E-state index contributed by atoms with van der Waals surface area (Å²) < 4.78 is 6.55. The van der Waals surface area contributed by atoms with Crippen LogP contribution in [0.25, 0.3) is 0 Å². The maximum absolute atomic E-state index is 5.84. The van der Waals surface area contributed by atoms with Gasteiger partial charge in [0.05, 0.1) is 7.11 Å². The van der Waals surface area contributed by atoms with Crippen LogP contribution in [0.1, 0.15) is 24.8 Å². The highest BCUT2D eigenvalue weighted by Gasteiger charge is 2.26. The molecule has 2 N–H and O–H groups in total. The molecule has 0 aromatic heterocycles. The van der Waals surface area contributed by atoms with Gasteiger partial charge in [0.25, 0.3) is 0 Å². The molecular formula is C14H20BrNO. The molecule has 1 saturated carbocycles. The molecule has 0 aliphatic heterocycles. The van der Waals surface area contributed by atoms with E-state index in [1.54, 1.807) is 7.11 Å². The van der Waals surface area contributed by atoms with Gasteiger partial charge in [0.1, 0.15) is 5.75 Å². The molecular weight excluding hydrogens is 278 g/mol. The van der Waals surface area contributed by atoms with E-state index in [0.29, 0.717) is 5.92 Å². The summed E-state index contributed by atoms with van der Waals surface area (Å²) in [4.78, 5) is 0. The number of halogens is 1. The van der Waals surface area contributed by atoms with E-state index in [0.717, 1.165) is 29.1 Å². The van der Waals surface area contributed by atoms with Crippen molar-refractivity contribution >= 4 is 15.9 Å². The van der Waals surface area contributed by atoms with E-state index in [1.165, 1.54) is 24.8 Å². The minimum Gasteiger partial charge on any atom is -0.496 e. The largest absolute Gasteiger partial charge is 0.496 e. The van der Waals surface area contributed by atoms with Gasteiger partial charge in [0.2, 0.25) is 0 Å². The first kappa shape index (κ1) is 12.9. The quantitative estimate of drug-likeness (QED) is 0.925. The average Bonchev–Trinajstić information content (AvgIpc) is 2.77. The van der Waals surface area contributed by atoms with Gasteiger partial charge in [-0.2, -0.15) is 0 Å². The van der Waals surface area contributed by atoms with Crippen LogP contribution in [-0.4, -0.2) is 13.7 Å². The maximum atomic E-state index is 5.84. The Morgan fingerprint density at radius 2 is 2.12 bits per heavy atom. The van der Waals surface area contributed by atoms with Gasteiger partial charge in [0.15, 0.2) is 0 Å². The van der Waals surface area contributed by atoms with Gasteiger partial charge in [-0.3, -0.25) is 0 Å². The summed E-state index contributed by atoms with van der Waals surface area (Å²) in [5.74, 6) is 2.41. The van der Waals surface area contributed by atoms with Crippen molar-refractivity contribution in [3.05, 3.63) is 28.2 Å². The van der Waals surface area contributed by atoms with Gasteiger partial charge in [-0.15, -0.1) is 0 Å². The third-order valence-electron chi connectivity index (χ3n) is 3.84. The monoisotopic (exact) mass is 297 g/mol. The van der Waals surface area contributed by atoms with Gasteiger partial charge in [0, 0.05) is 4.47 Å². The van der Waals surface area contributed by atoms with E-state index in [4.69, 9.17) is 10.5 Å². The van der Waals surface area contributed by atoms with Gasteiger partial charge < -0.3 is 10.5 Å². The summed E-state index contributed by atoms with van der Waals surface area (Å²) in [5, 5.41) is 0. The summed E-state index contributed by atoms with van der Waals surface area (Å²) in [6.45, 7) is 0.820. The molecule has 0 heterocycles. The van der Waals surface area contributed by atoms with Crippen LogP contribution in [0.2, 0.25) is 0 Å². The van der Waals surface area contributed by atoms with Crippen LogP contribution in [0.4, 0.5) is 0 Å². The van der Waals surface area contributed by atoms with E-state index in [9.17, 15) is 0 Å². The van der Waals surface area contributed by atoms with Crippen molar-refractivity contribution in [3.8, 4) is 5.75 Å². The molecule has 2 atom stereocenters. The molecule has 0 saturated heterocycles. The molecule has 17 heavy (non-hydrogen) atoms. The number of hydrogen-bond donors (Lipinski definition) is 1. The summed E-state index contributed by atoms with van der Waals surface area (Å²) in [5.41, 5.74) is 7.14. The van der Waals surface area contributed by atoms with Crippen molar-refractivity contribution in [1.29, 1.82) is 0 Å². The van der Waals surface area contributed by atoms with Gasteiger partial charge in [-0.1, -0.05) is 22.4 Å². The summed E-state index contributed by atoms with van der Waals surface area (Å²) >= 11 is 3.53. The lowest BCUT2D eigenvalue weighted by molar-refractivity contribution is 0.375. The highest BCUT2D eigenvalue weighted by atomic mass is 79.9. The zero-order valence-corrected chi connectivity index (χ0v) is 11.9. The molecule has 2 nitrogen and oxygen atoms in total. The van der Waals surface area contributed by atoms with Crippen molar-refractivity contribution in [1.82, 2.24) is 0 Å². The van der Waals surface area contributed by atoms with Crippen LogP contribution in [0, 0.1) is 11.8 Å². The zero-order valence-electron chi connectivity index (χ0n) is 10.3. The van der Waals surface area contributed by atoms with Crippen molar-refractivity contribution < 1.29 is 4.74 Å². The molecule has 1 fully saturated rings. The van der Waals surface area contributed by atoms with Crippen LogP contribution >= 0.6 is 15.9 Å². The number of methoxy groups -OCH3 is 1. The predicted molar refractivity (Wildman–Crippen MR) is 74.3 cm³/mol. The molecule has 0 spiro atoms. The van der Waals surface area contributed by atoms with Crippen molar-refractivity contribution in [2.45, 2.75) is 25.7 Å². The third-order valence-corrected chi connectivity index (χ3v) is 4.34. The van der Waals surface area contributed by atoms with E-state index in [1.807, 2.05) is 12.1 Å². The fraction of sp³-hybridized carbons (Fsp3) is 0.571. The van der Waals surface area contributed by atoms with Crippen molar-refractivity contribution in [2.75, 3.05) is 13.7 Å². The first-order valence-corrected chi connectivity index (χ1v) is 7.06. The number of nitrogens with two attached hydrogens (primary N) is 1. The SMILES string of the molecule is COc1ccc(Br)cc1CC1CCCC1CN. The topological polar surface area (TPSA) is 35.2 Å². The predicted octanol–water partition coefficient (Wildman–Crippen LogP) is 3.38. The summed E-state index contributed by atoms with van der Waals surface area (Å²) in [6.07, 6.45) is 5.00. The Morgan fingerprint density at radius 1 is 1.35 bits per heavy atom. The van der Waals surface area contributed by atoms with E-state index in [-0.39, 0.29) is 0 Å². The van der Waals surface area contributed by atoms with Crippen LogP contribution in [0.5, 0.6) is 5.75 Å². The van der Waals surface area contributed by atoms with Crippen LogP contribution < -0.4 is 10.5 Å². The number of rotatable bonds is 4. The van der Waals surface area contributed by atoms with E-state index < -0.39 is 0 Å². The molecule has 2 unspecified atom stereocenters. The minimum absolute atomic E-state index is 0.693. The first-order chi connectivity index (χ1) is 8.24. The molecule has 1 aliphatic rings. The van der Waals surface area contributed by atoms with E-state index in [2.05, 4.69) is 22.0 Å². The van der Waals surface area contributed by atoms with Gasteiger partial charge in [-0.05, 0) is 61.4 Å². The molecule has 1 aromatic carbocycles. The lowest BCUT2D eigenvalue weighted by Crippen LogP contribution is -2.20. The zero-order chi connectivity index (χ0) is 12.3. The molecule has 0 bridgehead atoms. The first-order valence-electron chi connectivity index (χ1n) is 6.27. The second-order valence-corrected chi connectivity index (χ2v) is 5.76. The summed E-state index contributed by atoms with van der Waals surface area (Å²) in [6, 6.07) is 6.23.